The van der Waals surface area contributed by atoms with E-state index in [0.717, 1.165) is 58.6 Å². The summed E-state index contributed by atoms with van der Waals surface area (Å²) in [4.78, 5) is 13.5. The largest absolute Gasteiger partial charge is 0.379 e. The van der Waals surface area contributed by atoms with Gasteiger partial charge in [0.1, 0.15) is 6.23 Å². The molecule has 0 aliphatic carbocycles. The van der Waals surface area contributed by atoms with Gasteiger partial charge >= 0.3 is 0 Å². The fourth-order valence-electron chi connectivity index (χ4n) is 4.12. The second-order valence-corrected chi connectivity index (χ2v) is 9.16. The number of hydrogen-bond donors (Lipinski definition) is 1. The van der Waals surface area contributed by atoms with Crippen molar-refractivity contribution in [2.45, 2.75) is 51.9 Å². The first-order valence-corrected chi connectivity index (χ1v) is 12.6. The number of hydrogen-bond acceptors (Lipinski definition) is 5. The minimum atomic E-state index is 0.196. The van der Waals surface area contributed by atoms with Crippen molar-refractivity contribution in [2.24, 2.45) is 0 Å². The molecule has 32 heavy (non-hydrogen) atoms. The minimum absolute atomic E-state index is 0.196. The Bertz CT molecular complexity index is 813. The average molecular weight is 460 g/mol. The zero-order valence-corrected chi connectivity index (χ0v) is 20.2. The van der Waals surface area contributed by atoms with Crippen LogP contribution in [0.4, 0.5) is 0 Å². The summed E-state index contributed by atoms with van der Waals surface area (Å²) in [6.07, 6.45) is 10.3. The molecule has 2 unspecified atom stereocenters. The second kappa shape index (κ2) is 13.6. The molecule has 6 nitrogen and oxygen atoms in total. The predicted molar refractivity (Wildman–Crippen MR) is 132 cm³/mol. The normalized spacial score (nSPS) is 21.8. The molecule has 0 radical (unpaired) electrons. The first-order chi connectivity index (χ1) is 15.7. The van der Waals surface area contributed by atoms with Crippen molar-refractivity contribution in [3.05, 3.63) is 45.9 Å². The average Bonchev–Trinajstić information content (AvgIpc) is 3.48. The monoisotopic (exact) mass is 459 g/mol. The molecule has 4 rings (SSSR count). The van der Waals surface area contributed by atoms with E-state index in [1.807, 2.05) is 0 Å². The Labute approximate surface area is 196 Å². The van der Waals surface area contributed by atoms with Gasteiger partial charge in [-0.25, -0.2) is 0 Å². The number of aryl methyl sites for hydroxylation is 1. The van der Waals surface area contributed by atoms with E-state index in [1.54, 1.807) is 11.3 Å². The number of nitrogens with one attached hydrogen (secondary N) is 1. The number of thiophene rings is 1. The Hall–Kier alpha value is -1.93. The molecule has 2 aromatic heterocycles. The standard InChI is InChI=1S/C18H23NOS.C7H14N2O2/c1-3-15-9-10-16(11-12-17-7-5-13-21-17)19(15)18-8-4-6-14(2)20-18;10-7-8-1-2-9-3-5-11-6-4-9/h5,7,9-14,18H,3-4,6,8H2,1-2H3;7H,1-6H2,(H,8,10)/b12-11+;. The van der Waals surface area contributed by atoms with E-state index < -0.39 is 0 Å². The van der Waals surface area contributed by atoms with E-state index in [1.165, 1.54) is 29.1 Å². The molecule has 1 amide bonds. The number of aromatic nitrogens is 1. The zero-order chi connectivity index (χ0) is 22.6. The topological polar surface area (TPSA) is 55.7 Å². The Balaban J connectivity index is 0.000000222. The highest BCUT2D eigenvalue weighted by Crippen LogP contribution is 2.30. The number of morpholine rings is 1. The van der Waals surface area contributed by atoms with Crippen LogP contribution in [-0.2, 0) is 20.7 Å². The second-order valence-electron chi connectivity index (χ2n) is 8.18. The molecule has 2 aromatic rings. The van der Waals surface area contributed by atoms with Gasteiger partial charge in [0, 0.05) is 42.4 Å². The Kier molecular flexibility index (Phi) is 10.5. The van der Waals surface area contributed by atoms with Crippen LogP contribution in [0.15, 0.2) is 29.6 Å². The summed E-state index contributed by atoms with van der Waals surface area (Å²) in [5.41, 5.74) is 2.61. The maximum atomic E-state index is 9.89. The van der Waals surface area contributed by atoms with E-state index >= 15 is 0 Å². The molecule has 176 valence electrons. The van der Waals surface area contributed by atoms with Crippen LogP contribution in [0.25, 0.3) is 12.2 Å². The van der Waals surface area contributed by atoms with E-state index in [2.05, 4.69) is 70.4 Å². The number of carbonyl (C=O) groups is 1. The van der Waals surface area contributed by atoms with Crippen molar-refractivity contribution in [1.82, 2.24) is 14.8 Å². The molecular formula is C25H37N3O3S. The highest BCUT2D eigenvalue weighted by molar-refractivity contribution is 7.10. The van der Waals surface area contributed by atoms with Crippen molar-refractivity contribution in [3.8, 4) is 0 Å². The van der Waals surface area contributed by atoms with Crippen molar-refractivity contribution in [2.75, 3.05) is 39.4 Å². The number of nitrogens with zero attached hydrogens (tertiary/aromatic N) is 2. The lowest BCUT2D eigenvalue weighted by molar-refractivity contribution is -0.109. The molecule has 0 bridgehead atoms. The van der Waals surface area contributed by atoms with E-state index in [4.69, 9.17) is 9.47 Å². The van der Waals surface area contributed by atoms with Crippen LogP contribution in [-0.4, -0.2) is 61.4 Å². The Morgan fingerprint density at radius 1 is 1.19 bits per heavy atom. The Morgan fingerprint density at radius 2 is 2.03 bits per heavy atom. The van der Waals surface area contributed by atoms with Crippen LogP contribution in [0, 0.1) is 0 Å². The van der Waals surface area contributed by atoms with Crippen molar-refractivity contribution >= 4 is 29.9 Å². The summed E-state index contributed by atoms with van der Waals surface area (Å²) in [5.74, 6) is 0. The van der Waals surface area contributed by atoms with Gasteiger partial charge in [-0.15, -0.1) is 11.3 Å². The summed E-state index contributed by atoms with van der Waals surface area (Å²) in [5, 5.41) is 4.75. The molecule has 2 aliphatic heterocycles. The van der Waals surface area contributed by atoms with E-state index in [-0.39, 0.29) is 6.23 Å². The third-order valence-electron chi connectivity index (χ3n) is 5.86. The molecule has 7 heteroatoms. The van der Waals surface area contributed by atoms with Crippen LogP contribution in [0.1, 0.15) is 55.6 Å². The van der Waals surface area contributed by atoms with Gasteiger partial charge in [-0.3, -0.25) is 9.69 Å². The first-order valence-electron chi connectivity index (χ1n) is 11.8. The van der Waals surface area contributed by atoms with Gasteiger partial charge in [0.05, 0.1) is 19.3 Å². The van der Waals surface area contributed by atoms with Gasteiger partial charge in [0.15, 0.2) is 0 Å². The van der Waals surface area contributed by atoms with Crippen LogP contribution >= 0.6 is 11.3 Å². The first kappa shape index (κ1) is 24.7. The summed E-state index contributed by atoms with van der Waals surface area (Å²) in [7, 11) is 0. The van der Waals surface area contributed by atoms with Crippen molar-refractivity contribution in [1.29, 1.82) is 0 Å². The zero-order valence-electron chi connectivity index (χ0n) is 19.4. The summed E-state index contributed by atoms with van der Waals surface area (Å²) < 4.78 is 13.7. The van der Waals surface area contributed by atoms with Crippen LogP contribution in [0.5, 0.6) is 0 Å². The SMILES string of the molecule is CCc1ccc(/C=C/c2cccs2)n1C1CCCC(C)O1.O=CNCCN1CCOCC1. The number of ether oxygens (including phenoxy) is 2. The van der Waals surface area contributed by atoms with Crippen LogP contribution in [0.3, 0.4) is 0 Å². The molecule has 2 saturated heterocycles. The quantitative estimate of drug-likeness (QED) is 0.469. The molecule has 4 heterocycles. The predicted octanol–water partition coefficient (Wildman–Crippen LogP) is 4.43. The van der Waals surface area contributed by atoms with Gasteiger partial charge in [0.25, 0.3) is 0 Å². The third kappa shape index (κ3) is 7.59. The maximum absolute atomic E-state index is 9.89. The number of carbonyl (C=O) groups excluding carboxylic acids is 1. The molecule has 2 aliphatic rings. The molecule has 0 spiro atoms. The fourth-order valence-corrected chi connectivity index (χ4v) is 4.74. The van der Waals surface area contributed by atoms with Gasteiger partial charge in [-0.2, -0.15) is 0 Å². The van der Waals surface area contributed by atoms with Crippen molar-refractivity contribution < 1.29 is 14.3 Å². The lowest BCUT2D eigenvalue weighted by Crippen LogP contribution is -2.40. The Morgan fingerprint density at radius 3 is 2.72 bits per heavy atom. The van der Waals surface area contributed by atoms with Crippen LogP contribution < -0.4 is 5.32 Å². The molecule has 2 fully saturated rings. The molecule has 2 atom stereocenters. The molecule has 0 aromatic carbocycles. The number of rotatable bonds is 8. The summed E-state index contributed by atoms with van der Waals surface area (Å²) in [6, 6.07) is 8.68. The number of amides is 1. The third-order valence-corrected chi connectivity index (χ3v) is 6.69. The fraction of sp³-hybridized carbons (Fsp3) is 0.560. The van der Waals surface area contributed by atoms with Crippen LogP contribution in [0.2, 0.25) is 0 Å². The summed E-state index contributed by atoms with van der Waals surface area (Å²) in [6.45, 7) is 9.68. The van der Waals surface area contributed by atoms with E-state index in [0.29, 0.717) is 6.10 Å². The lowest BCUT2D eigenvalue weighted by Gasteiger charge is -2.31. The maximum Gasteiger partial charge on any atom is 0.207 e. The highest BCUT2D eigenvalue weighted by atomic mass is 32.1. The smallest absolute Gasteiger partial charge is 0.207 e. The molecule has 0 saturated carbocycles. The minimum Gasteiger partial charge on any atom is -0.379 e. The molecular weight excluding hydrogens is 422 g/mol. The van der Waals surface area contributed by atoms with Gasteiger partial charge in [-0.1, -0.05) is 13.0 Å². The highest BCUT2D eigenvalue weighted by Gasteiger charge is 2.23. The summed E-state index contributed by atoms with van der Waals surface area (Å²) >= 11 is 1.77. The lowest BCUT2D eigenvalue weighted by atomic mass is 10.1. The van der Waals surface area contributed by atoms with Gasteiger partial charge in [0.2, 0.25) is 6.41 Å². The van der Waals surface area contributed by atoms with Gasteiger partial charge < -0.3 is 19.4 Å². The van der Waals surface area contributed by atoms with Gasteiger partial charge in [-0.05, 0) is 68.3 Å². The molecule has 1 N–H and O–H groups in total. The van der Waals surface area contributed by atoms with Crippen molar-refractivity contribution in [3.63, 3.8) is 0 Å². The van der Waals surface area contributed by atoms with E-state index in [9.17, 15) is 4.79 Å².